The molecule has 0 spiro atoms. The number of pyridine rings is 1. The van der Waals surface area contributed by atoms with E-state index in [2.05, 4.69) is 15.0 Å². The highest BCUT2D eigenvalue weighted by Gasteiger charge is 2.13. The first-order valence-electron chi connectivity index (χ1n) is 5.87. The van der Waals surface area contributed by atoms with Crippen molar-refractivity contribution in [2.45, 2.75) is 24.2 Å². The quantitative estimate of drug-likeness (QED) is 0.584. The van der Waals surface area contributed by atoms with Gasteiger partial charge in [-0.05, 0) is 18.9 Å². The Morgan fingerprint density at radius 2 is 2.16 bits per heavy atom. The molecule has 0 aromatic carbocycles. The number of primary amides is 1. The van der Waals surface area contributed by atoms with Crippen LogP contribution in [0.2, 0.25) is 0 Å². The number of hydrogen-bond donors (Lipinski definition) is 3. The molecule has 1 heterocycles. The van der Waals surface area contributed by atoms with Crippen LogP contribution >= 0.6 is 0 Å². The average molecular weight is 286 g/mol. The number of aromatic nitrogens is 1. The summed E-state index contributed by atoms with van der Waals surface area (Å²) < 4.78 is 26.3. The molecule has 0 unspecified atom stereocenters. The molecule has 0 saturated carbocycles. The zero-order chi connectivity index (χ0) is 14.3. The number of sulfonamides is 1. The second-order valence-electron chi connectivity index (χ2n) is 3.95. The summed E-state index contributed by atoms with van der Waals surface area (Å²) in [6.45, 7) is 0.271. The largest absolute Gasteiger partial charge is 0.373 e. The number of hydrogen-bond acceptors (Lipinski definition) is 5. The fraction of sp³-hybridized carbons (Fsp3) is 0.455. The van der Waals surface area contributed by atoms with Crippen molar-refractivity contribution in [1.29, 1.82) is 0 Å². The molecule has 0 aliphatic rings. The third-order valence-electron chi connectivity index (χ3n) is 2.44. The van der Waals surface area contributed by atoms with Crippen LogP contribution in [0, 0.1) is 0 Å². The standard InChI is InChI=1S/C11H18N4O3S/c1-13-11-8-9(5-7-14-11)19(17,18)15-6-3-2-4-10(12)16/h5,7-8,15H,2-4,6H2,1H3,(H2,12,16)(H,13,14). The maximum atomic E-state index is 11.9. The molecule has 7 nitrogen and oxygen atoms in total. The third kappa shape index (κ3) is 5.23. The molecular weight excluding hydrogens is 268 g/mol. The topological polar surface area (TPSA) is 114 Å². The number of nitrogens with zero attached hydrogens (tertiary/aromatic N) is 1. The van der Waals surface area contributed by atoms with Crippen molar-refractivity contribution in [3.63, 3.8) is 0 Å². The van der Waals surface area contributed by atoms with Crippen LogP contribution in [-0.4, -0.2) is 32.9 Å². The molecule has 0 radical (unpaired) electrons. The minimum atomic E-state index is -3.54. The summed E-state index contributed by atoms with van der Waals surface area (Å²) in [5.41, 5.74) is 4.99. The lowest BCUT2D eigenvalue weighted by Gasteiger charge is -2.07. The third-order valence-corrected chi connectivity index (χ3v) is 3.90. The van der Waals surface area contributed by atoms with E-state index in [0.717, 1.165) is 0 Å². The summed E-state index contributed by atoms with van der Waals surface area (Å²) in [6.07, 6.45) is 2.82. The Labute approximate surface area is 112 Å². The molecule has 0 aliphatic carbocycles. The van der Waals surface area contributed by atoms with Crippen LogP contribution in [0.1, 0.15) is 19.3 Å². The molecule has 4 N–H and O–H groups in total. The first-order chi connectivity index (χ1) is 8.95. The minimum absolute atomic E-state index is 0.154. The van der Waals surface area contributed by atoms with Gasteiger partial charge in [-0.2, -0.15) is 0 Å². The summed E-state index contributed by atoms with van der Waals surface area (Å²) in [6, 6.07) is 2.87. The van der Waals surface area contributed by atoms with E-state index in [0.29, 0.717) is 18.7 Å². The smallest absolute Gasteiger partial charge is 0.240 e. The maximum absolute atomic E-state index is 11.9. The lowest BCUT2D eigenvalue weighted by atomic mass is 10.2. The number of amides is 1. The number of nitrogens with two attached hydrogens (primary N) is 1. The van der Waals surface area contributed by atoms with Crippen molar-refractivity contribution in [2.24, 2.45) is 5.73 Å². The van der Waals surface area contributed by atoms with Crippen molar-refractivity contribution >= 4 is 21.7 Å². The molecule has 8 heteroatoms. The minimum Gasteiger partial charge on any atom is -0.373 e. The van der Waals surface area contributed by atoms with E-state index in [-0.39, 0.29) is 23.8 Å². The van der Waals surface area contributed by atoms with Crippen molar-refractivity contribution in [2.75, 3.05) is 18.9 Å². The molecule has 0 aliphatic heterocycles. The molecule has 0 fully saturated rings. The van der Waals surface area contributed by atoms with Gasteiger partial charge in [-0.25, -0.2) is 18.1 Å². The molecule has 1 aromatic heterocycles. The first-order valence-corrected chi connectivity index (χ1v) is 7.36. The Hall–Kier alpha value is -1.67. The maximum Gasteiger partial charge on any atom is 0.240 e. The summed E-state index contributed by atoms with van der Waals surface area (Å²) in [7, 11) is -1.88. The zero-order valence-corrected chi connectivity index (χ0v) is 11.5. The predicted molar refractivity (Wildman–Crippen MR) is 72.0 cm³/mol. The Bertz CT molecular complexity index is 530. The number of carbonyl (C=O) groups is 1. The number of unbranched alkanes of at least 4 members (excludes halogenated alkanes) is 1. The van der Waals surface area contributed by atoms with Gasteiger partial charge in [0.15, 0.2) is 0 Å². The summed E-state index contributed by atoms with van der Waals surface area (Å²) in [5.74, 6) is 0.104. The highest BCUT2D eigenvalue weighted by atomic mass is 32.2. The van der Waals surface area contributed by atoms with Gasteiger partial charge >= 0.3 is 0 Å². The SMILES string of the molecule is CNc1cc(S(=O)(=O)NCCCCC(N)=O)ccn1. The van der Waals surface area contributed by atoms with Gasteiger partial charge in [-0.15, -0.1) is 0 Å². The van der Waals surface area contributed by atoms with Gasteiger partial charge in [0.05, 0.1) is 4.90 Å². The van der Waals surface area contributed by atoms with Gasteiger partial charge in [0.1, 0.15) is 5.82 Å². The zero-order valence-electron chi connectivity index (χ0n) is 10.7. The number of nitrogens with one attached hydrogen (secondary N) is 2. The molecule has 0 atom stereocenters. The lowest BCUT2D eigenvalue weighted by Crippen LogP contribution is -2.25. The fourth-order valence-electron chi connectivity index (χ4n) is 1.43. The Kier molecular flexibility index (Phi) is 5.71. The number of rotatable bonds is 8. The van der Waals surface area contributed by atoms with Gasteiger partial charge < -0.3 is 11.1 Å². The second-order valence-corrected chi connectivity index (χ2v) is 5.71. The van der Waals surface area contributed by atoms with Crippen LogP contribution in [0.15, 0.2) is 23.2 Å². The van der Waals surface area contributed by atoms with E-state index < -0.39 is 10.0 Å². The normalized spacial score (nSPS) is 11.2. The summed E-state index contributed by atoms with van der Waals surface area (Å²) in [5, 5.41) is 2.77. The molecular formula is C11H18N4O3S. The molecule has 0 saturated heterocycles. The first kappa shape index (κ1) is 15.4. The van der Waals surface area contributed by atoms with Crippen molar-refractivity contribution in [3.05, 3.63) is 18.3 Å². The van der Waals surface area contributed by atoms with Crippen LogP contribution in [0.3, 0.4) is 0 Å². The van der Waals surface area contributed by atoms with Crippen LogP contribution in [0.5, 0.6) is 0 Å². The molecule has 1 aromatic rings. The van der Waals surface area contributed by atoms with E-state index in [1.165, 1.54) is 18.3 Å². The van der Waals surface area contributed by atoms with Gasteiger partial charge in [-0.3, -0.25) is 4.79 Å². The second kappa shape index (κ2) is 7.05. The molecule has 0 bridgehead atoms. The van der Waals surface area contributed by atoms with Crippen molar-refractivity contribution in [3.8, 4) is 0 Å². The van der Waals surface area contributed by atoms with Crippen LogP contribution in [-0.2, 0) is 14.8 Å². The predicted octanol–water partition coefficient (Wildman–Crippen LogP) is 0.0572. The van der Waals surface area contributed by atoms with Crippen LogP contribution < -0.4 is 15.8 Å². The highest BCUT2D eigenvalue weighted by molar-refractivity contribution is 7.89. The summed E-state index contributed by atoms with van der Waals surface area (Å²) >= 11 is 0. The molecule has 1 rings (SSSR count). The number of carbonyl (C=O) groups excluding carboxylic acids is 1. The Balaban J connectivity index is 2.53. The fourth-order valence-corrected chi connectivity index (χ4v) is 2.52. The highest BCUT2D eigenvalue weighted by Crippen LogP contribution is 2.12. The summed E-state index contributed by atoms with van der Waals surface area (Å²) in [4.78, 5) is 14.6. The average Bonchev–Trinajstić information content (AvgIpc) is 2.38. The molecule has 19 heavy (non-hydrogen) atoms. The molecule has 1 amide bonds. The van der Waals surface area contributed by atoms with E-state index >= 15 is 0 Å². The van der Waals surface area contributed by atoms with Gasteiger partial charge in [0.2, 0.25) is 15.9 Å². The van der Waals surface area contributed by atoms with E-state index in [1.54, 1.807) is 7.05 Å². The van der Waals surface area contributed by atoms with E-state index in [1.807, 2.05) is 0 Å². The monoisotopic (exact) mass is 286 g/mol. The number of anilines is 1. The molecule has 106 valence electrons. The van der Waals surface area contributed by atoms with Gasteiger partial charge in [0, 0.05) is 32.3 Å². The van der Waals surface area contributed by atoms with Crippen molar-refractivity contribution in [1.82, 2.24) is 9.71 Å². The van der Waals surface area contributed by atoms with E-state index in [4.69, 9.17) is 5.73 Å². The van der Waals surface area contributed by atoms with Gasteiger partial charge in [-0.1, -0.05) is 0 Å². The van der Waals surface area contributed by atoms with Crippen LogP contribution in [0.25, 0.3) is 0 Å². The van der Waals surface area contributed by atoms with Gasteiger partial charge in [0.25, 0.3) is 0 Å². The van der Waals surface area contributed by atoms with Crippen LogP contribution in [0.4, 0.5) is 5.82 Å². The van der Waals surface area contributed by atoms with E-state index in [9.17, 15) is 13.2 Å². The Morgan fingerprint density at radius 1 is 1.42 bits per heavy atom. The van der Waals surface area contributed by atoms with Crippen molar-refractivity contribution < 1.29 is 13.2 Å². The lowest BCUT2D eigenvalue weighted by molar-refractivity contribution is -0.118. The Morgan fingerprint density at radius 3 is 2.79 bits per heavy atom.